The van der Waals surface area contributed by atoms with Crippen molar-refractivity contribution >= 4 is 17.5 Å². The van der Waals surface area contributed by atoms with Crippen LogP contribution >= 0.6 is 0 Å². The molecule has 0 bridgehead atoms. The monoisotopic (exact) mass is 700 g/mol. The number of fused-ring (bicyclic) bond motifs is 4. The average molecular weight is 701 g/mol. The fourth-order valence-electron chi connectivity index (χ4n) is 7.27. The number of carbonyl (C=O) groups excluding carboxylic acids is 2. The van der Waals surface area contributed by atoms with Gasteiger partial charge < -0.3 is 39.2 Å². The number of piperazine rings is 1. The van der Waals surface area contributed by atoms with Crippen molar-refractivity contribution in [3.05, 3.63) is 69.4 Å². The Kier molecular flexibility index (Phi) is 11.5. The Morgan fingerprint density at radius 3 is 2.41 bits per heavy atom. The molecule has 1 fully saturated rings. The molecule has 2 aliphatic heterocycles. The van der Waals surface area contributed by atoms with Gasteiger partial charge >= 0.3 is 0 Å². The summed E-state index contributed by atoms with van der Waals surface area (Å²) in [5.74, 6) is 3.15. The summed E-state index contributed by atoms with van der Waals surface area (Å²) in [6.07, 6.45) is 4.22. The van der Waals surface area contributed by atoms with Crippen LogP contribution in [0.1, 0.15) is 61.8 Å². The van der Waals surface area contributed by atoms with Crippen LogP contribution in [-0.4, -0.2) is 82.5 Å². The SMILES string of the molecule is COc1cc2c(c(OC)c1OC)-c1ccc(NCCCCCC(=O)N3CCN(Cc4ccc5c(c4)OCO5)CC3)c(=O)cc1[C@@H](NC(C)=O)CC2. The first-order chi connectivity index (χ1) is 24.8. The summed E-state index contributed by atoms with van der Waals surface area (Å²) in [5, 5.41) is 6.36. The molecule has 12 heteroatoms. The van der Waals surface area contributed by atoms with Crippen LogP contribution in [0.2, 0.25) is 0 Å². The highest BCUT2D eigenvalue weighted by molar-refractivity contribution is 5.84. The molecule has 0 radical (unpaired) electrons. The molecule has 0 aromatic heterocycles. The van der Waals surface area contributed by atoms with Crippen molar-refractivity contribution in [3.8, 4) is 39.9 Å². The van der Waals surface area contributed by atoms with E-state index in [1.54, 1.807) is 33.5 Å². The lowest BCUT2D eigenvalue weighted by Crippen LogP contribution is -2.48. The summed E-state index contributed by atoms with van der Waals surface area (Å²) in [7, 11) is 4.73. The molecule has 2 amide bonds. The van der Waals surface area contributed by atoms with Crippen molar-refractivity contribution in [1.29, 1.82) is 0 Å². The normalized spacial score (nSPS) is 16.4. The molecule has 2 N–H and O–H groups in total. The van der Waals surface area contributed by atoms with E-state index in [1.807, 2.05) is 29.2 Å². The minimum absolute atomic E-state index is 0.165. The largest absolute Gasteiger partial charge is 0.493 e. The molecule has 1 atom stereocenters. The number of nitrogens with one attached hydrogen (secondary N) is 2. The van der Waals surface area contributed by atoms with Crippen LogP contribution in [0.15, 0.2) is 47.3 Å². The fourth-order valence-corrected chi connectivity index (χ4v) is 7.27. The minimum Gasteiger partial charge on any atom is -0.493 e. The van der Waals surface area contributed by atoms with Gasteiger partial charge in [0.05, 0.1) is 33.1 Å². The summed E-state index contributed by atoms with van der Waals surface area (Å²) in [5.41, 5.74) is 4.79. The molecule has 12 nitrogen and oxygen atoms in total. The maximum absolute atomic E-state index is 13.6. The maximum Gasteiger partial charge on any atom is 0.231 e. The van der Waals surface area contributed by atoms with Crippen LogP contribution in [0.5, 0.6) is 28.7 Å². The lowest BCUT2D eigenvalue weighted by atomic mass is 9.95. The Hall–Kier alpha value is -4.97. The van der Waals surface area contributed by atoms with Crippen molar-refractivity contribution in [3.63, 3.8) is 0 Å². The van der Waals surface area contributed by atoms with E-state index in [4.69, 9.17) is 23.7 Å². The number of benzene rings is 2. The Morgan fingerprint density at radius 2 is 1.67 bits per heavy atom. The minimum atomic E-state index is -0.366. The van der Waals surface area contributed by atoms with Gasteiger partial charge in [-0.3, -0.25) is 19.3 Å². The van der Waals surface area contributed by atoms with Crippen molar-refractivity contribution in [1.82, 2.24) is 15.1 Å². The van der Waals surface area contributed by atoms with Gasteiger partial charge in [0.2, 0.25) is 29.8 Å². The zero-order valence-electron chi connectivity index (χ0n) is 30.0. The van der Waals surface area contributed by atoms with E-state index >= 15 is 0 Å². The van der Waals surface area contributed by atoms with Crippen molar-refractivity contribution in [2.75, 3.05) is 66.2 Å². The van der Waals surface area contributed by atoms with Gasteiger partial charge in [-0.2, -0.15) is 0 Å². The van der Waals surface area contributed by atoms with Crippen LogP contribution in [0.4, 0.5) is 5.69 Å². The quantitative estimate of drug-likeness (QED) is 0.238. The summed E-state index contributed by atoms with van der Waals surface area (Å²) >= 11 is 0. The van der Waals surface area contributed by atoms with Gasteiger partial charge in [-0.15, -0.1) is 0 Å². The molecular formula is C39H48N4O8. The highest BCUT2D eigenvalue weighted by Gasteiger charge is 2.29. The number of aryl methyl sites for hydroxylation is 1. The predicted molar refractivity (Wildman–Crippen MR) is 194 cm³/mol. The number of methoxy groups -OCH3 is 3. The lowest BCUT2D eigenvalue weighted by molar-refractivity contribution is -0.133. The number of ether oxygens (including phenoxy) is 5. The number of hydrogen-bond acceptors (Lipinski definition) is 10. The summed E-state index contributed by atoms with van der Waals surface area (Å²) < 4.78 is 28.1. The van der Waals surface area contributed by atoms with E-state index < -0.39 is 0 Å². The first kappa shape index (κ1) is 35.8. The average Bonchev–Trinajstić information content (AvgIpc) is 3.48. The third-order valence-electron chi connectivity index (χ3n) is 9.87. The summed E-state index contributed by atoms with van der Waals surface area (Å²) in [4.78, 5) is 43.1. The number of hydrogen-bond donors (Lipinski definition) is 2. The maximum atomic E-state index is 13.6. The van der Waals surface area contributed by atoms with E-state index in [-0.39, 0.29) is 30.1 Å². The van der Waals surface area contributed by atoms with Gasteiger partial charge in [-0.25, -0.2) is 0 Å². The van der Waals surface area contributed by atoms with Crippen molar-refractivity contribution < 1.29 is 33.3 Å². The third kappa shape index (κ3) is 8.17. The molecule has 2 heterocycles. The molecule has 6 rings (SSSR count). The van der Waals surface area contributed by atoms with Gasteiger partial charge in [-0.05, 0) is 78.3 Å². The fraction of sp³-hybridized carbons (Fsp3) is 0.462. The van der Waals surface area contributed by atoms with Gasteiger partial charge in [0.25, 0.3) is 0 Å². The highest BCUT2D eigenvalue weighted by atomic mass is 16.7. The van der Waals surface area contributed by atoms with E-state index in [9.17, 15) is 14.4 Å². The van der Waals surface area contributed by atoms with Crippen LogP contribution in [0, 0.1) is 0 Å². The Labute approximate surface area is 299 Å². The number of nitrogens with zero attached hydrogens (tertiary/aromatic N) is 2. The number of carbonyl (C=O) groups is 2. The molecule has 1 saturated heterocycles. The Balaban J connectivity index is 1.03. The van der Waals surface area contributed by atoms with Crippen LogP contribution in [0.3, 0.4) is 0 Å². The van der Waals surface area contributed by atoms with E-state index in [2.05, 4.69) is 21.6 Å². The molecule has 51 heavy (non-hydrogen) atoms. The molecule has 3 aromatic carbocycles. The second-order valence-electron chi connectivity index (χ2n) is 13.2. The zero-order valence-corrected chi connectivity index (χ0v) is 30.0. The molecule has 0 unspecified atom stereocenters. The first-order valence-electron chi connectivity index (χ1n) is 17.7. The lowest BCUT2D eigenvalue weighted by Gasteiger charge is -2.34. The van der Waals surface area contributed by atoms with Crippen molar-refractivity contribution in [2.24, 2.45) is 0 Å². The number of anilines is 1. The zero-order chi connectivity index (χ0) is 35.9. The highest BCUT2D eigenvalue weighted by Crippen LogP contribution is 2.50. The van der Waals surface area contributed by atoms with Crippen molar-refractivity contribution in [2.45, 2.75) is 58.0 Å². The molecular weight excluding hydrogens is 652 g/mol. The van der Waals surface area contributed by atoms with Gasteiger partial charge in [0.1, 0.15) is 0 Å². The molecule has 272 valence electrons. The van der Waals surface area contributed by atoms with Gasteiger partial charge in [0.15, 0.2) is 23.0 Å². The van der Waals surface area contributed by atoms with Crippen LogP contribution in [-0.2, 0) is 22.6 Å². The standard InChI is InChI=1S/C39H48N4O8/c1-25(44)41-30-12-10-27-21-35(47-2)38(48-3)39(49-4)37(27)28-11-13-31(32(45)22-29(28)30)40-15-7-5-6-8-36(46)43-18-16-42(17-19-43)23-26-9-14-33-34(20-26)51-24-50-33/h9,11,13-14,20-22,30H,5-8,10,12,15-19,23-24H2,1-4H3,(H,40,45)(H,41,44)/t30-/m0/s1. The van der Waals surface area contributed by atoms with E-state index in [1.165, 1.54) is 12.5 Å². The topological polar surface area (TPSA) is 128 Å². The van der Waals surface area contributed by atoms with Gasteiger partial charge in [0, 0.05) is 58.2 Å². The van der Waals surface area contributed by atoms with E-state index in [0.29, 0.717) is 48.7 Å². The number of amides is 2. The van der Waals surface area contributed by atoms with Crippen LogP contribution in [0.25, 0.3) is 11.1 Å². The Bertz CT molecular complexity index is 1810. The summed E-state index contributed by atoms with van der Waals surface area (Å²) in [6.45, 7) is 6.30. The first-order valence-corrected chi connectivity index (χ1v) is 17.7. The smallest absolute Gasteiger partial charge is 0.231 e. The van der Waals surface area contributed by atoms with Crippen LogP contribution < -0.4 is 39.7 Å². The molecule has 1 aliphatic carbocycles. The molecule has 0 spiro atoms. The summed E-state index contributed by atoms with van der Waals surface area (Å²) in [6, 6.07) is 13.0. The molecule has 0 saturated carbocycles. The molecule has 3 aromatic rings. The number of rotatable bonds is 13. The predicted octanol–water partition coefficient (Wildman–Crippen LogP) is 4.91. The van der Waals surface area contributed by atoms with E-state index in [0.717, 1.165) is 85.7 Å². The number of unbranched alkanes of at least 4 members (excludes halogenated alkanes) is 2. The van der Waals surface area contributed by atoms with Gasteiger partial charge in [-0.1, -0.05) is 18.6 Å². The molecule has 3 aliphatic rings. The third-order valence-corrected chi connectivity index (χ3v) is 9.87. The Morgan fingerprint density at radius 1 is 0.882 bits per heavy atom. The second kappa shape index (κ2) is 16.4. The second-order valence-corrected chi connectivity index (χ2v) is 13.2.